The molecule has 0 aromatic rings. The molecule has 4 amide bonds. The first-order valence-electron chi connectivity index (χ1n) is 9.33. The molecule has 0 bridgehead atoms. The van der Waals surface area contributed by atoms with E-state index in [9.17, 15) is 14.4 Å². The maximum Gasteiger partial charge on any atom is 0.320 e. The predicted molar refractivity (Wildman–Crippen MR) is 96.0 cm³/mol. The van der Waals surface area contributed by atoms with Gasteiger partial charge in [0.2, 0.25) is 11.8 Å². The van der Waals surface area contributed by atoms with Crippen LogP contribution in [-0.2, 0) is 9.59 Å². The van der Waals surface area contributed by atoms with E-state index >= 15 is 0 Å². The lowest BCUT2D eigenvalue weighted by Gasteiger charge is -2.35. The van der Waals surface area contributed by atoms with Gasteiger partial charge in [0.05, 0.1) is 5.92 Å². The van der Waals surface area contributed by atoms with E-state index in [2.05, 4.69) is 10.6 Å². The van der Waals surface area contributed by atoms with Gasteiger partial charge in [-0.15, -0.1) is 0 Å². The van der Waals surface area contributed by atoms with Crippen LogP contribution < -0.4 is 10.6 Å². The van der Waals surface area contributed by atoms with E-state index in [0.717, 1.165) is 38.8 Å². The van der Waals surface area contributed by atoms with Crippen LogP contribution in [0.15, 0.2) is 0 Å². The molecule has 2 aliphatic rings. The van der Waals surface area contributed by atoms with Crippen LogP contribution >= 0.6 is 0 Å². The maximum atomic E-state index is 12.5. The lowest BCUT2D eigenvalue weighted by molar-refractivity contribution is -0.132. The van der Waals surface area contributed by atoms with Crippen molar-refractivity contribution in [2.75, 3.05) is 26.2 Å². The highest BCUT2D eigenvalue weighted by molar-refractivity contribution is 5.89. The van der Waals surface area contributed by atoms with E-state index in [0.29, 0.717) is 13.1 Å². The monoisotopic (exact) mass is 352 g/mol. The van der Waals surface area contributed by atoms with Crippen molar-refractivity contribution in [3.05, 3.63) is 0 Å². The normalized spacial score (nSPS) is 22.5. The number of rotatable bonds is 3. The molecule has 0 spiro atoms. The Morgan fingerprint density at radius 1 is 1.00 bits per heavy atom. The van der Waals surface area contributed by atoms with Gasteiger partial charge in [-0.25, -0.2) is 4.79 Å². The molecular weight excluding hydrogens is 320 g/mol. The molecule has 142 valence electrons. The molecule has 7 nitrogen and oxygen atoms in total. The van der Waals surface area contributed by atoms with Crippen LogP contribution in [0, 0.1) is 5.92 Å². The molecule has 0 saturated carbocycles. The standard InChI is InChI=1S/C18H32N4O3/c1-13(15(23)20-18(2,3)4)19-16(24)14-8-7-11-22(12-14)17(25)21-9-5-6-10-21/h13-14H,5-12H2,1-4H3,(H,19,24)(H,20,23). The van der Waals surface area contributed by atoms with Crippen molar-refractivity contribution in [3.63, 3.8) is 0 Å². The maximum absolute atomic E-state index is 12.5. The number of hydrogen-bond acceptors (Lipinski definition) is 3. The van der Waals surface area contributed by atoms with Gasteiger partial charge in [-0.1, -0.05) is 0 Å². The third-order valence-electron chi connectivity index (χ3n) is 4.69. The van der Waals surface area contributed by atoms with Crippen molar-refractivity contribution in [2.45, 2.75) is 65.0 Å². The van der Waals surface area contributed by atoms with E-state index < -0.39 is 6.04 Å². The van der Waals surface area contributed by atoms with Gasteiger partial charge in [0.25, 0.3) is 0 Å². The summed E-state index contributed by atoms with van der Waals surface area (Å²) in [7, 11) is 0. The second-order valence-electron chi connectivity index (χ2n) is 8.23. The van der Waals surface area contributed by atoms with E-state index in [1.165, 1.54) is 0 Å². The van der Waals surface area contributed by atoms with Crippen molar-refractivity contribution < 1.29 is 14.4 Å². The number of nitrogens with zero attached hydrogens (tertiary/aromatic N) is 2. The summed E-state index contributed by atoms with van der Waals surface area (Å²) < 4.78 is 0. The lowest BCUT2D eigenvalue weighted by atomic mass is 9.97. The van der Waals surface area contributed by atoms with Gasteiger partial charge in [-0.05, 0) is 53.4 Å². The zero-order valence-corrected chi connectivity index (χ0v) is 15.9. The first kappa shape index (κ1) is 19.5. The molecule has 7 heteroatoms. The van der Waals surface area contributed by atoms with Crippen LogP contribution in [0.5, 0.6) is 0 Å². The van der Waals surface area contributed by atoms with Crippen molar-refractivity contribution in [2.24, 2.45) is 5.92 Å². The number of piperidine rings is 1. The van der Waals surface area contributed by atoms with Crippen molar-refractivity contribution in [1.29, 1.82) is 0 Å². The third-order valence-corrected chi connectivity index (χ3v) is 4.69. The molecule has 2 atom stereocenters. The van der Waals surface area contributed by atoms with Gasteiger partial charge in [0.15, 0.2) is 0 Å². The van der Waals surface area contributed by atoms with Gasteiger partial charge in [-0.3, -0.25) is 9.59 Å². The minimum Gasteiger partial charge on any atom is -0.350 e. The van der Waals surface area contributed by atoms with Gasteiger partial charge >= 0.3 is 6.03 Å². The smallest absolute Gasteiger partial charge is 0.320 e. The highest BCUT2D eigenvalue weighted by atomic mass is 16.2. The largest absolute Gasteiger partial charge is 0.350 e. The Morgan fingerprint density at radius 3 is 2.20 bits per heavy atom. The van der Waals surface area contributed by atoms with Crippen molar-refractivity contribution in [1.82, 2.24) is 20.4 Å². The Hall–Kier alpha value is -1.79. The second kappa shape index (κ2) is 8.06. The molecule has 25 heavy (non-hydrogen) atoms. The average Bonchev–Trinajstić information content (AvgIpc) is 3.07. The van der Waals surface area contributed by atoms with Gasteiger partial charge in [0, 0.05) is 31.7 Å². The molecule has 2 N–H and O–H groups in total. The first-order valence-corrected chi connectivity index (χ1v) is 9.33. The average molecular weight is 352 g/mol. The molecule has 0 aliphatic carbocycles. The number of nitrogens with one attached hydrogen (secondary N) is 2. The Labute approximate surface area is 150 Å². The summed E-state index contributed by atoms with van der Waals surface area (Å²) in [5, 5.41) is 5.66. The highest BCUT2D eigenvalue weighted by Crippen LogP contribution is 2.20. The highest BCUT2D eigenvalue weighted by Gasteiger charge is 2.32. The first-order chi connectivity index (χ1) is 11.7. The quantitative estimate of drug-likeness (QED) is 0.804. The molecule has 0 aromatic heterocycles. The van der Waals surface area contributed by atoms with Crippen LogP contribution in [0.4, 0.5) is 4.79 Å². The molecule has 2 aliphatic heterocycles. The Balaban J connectivity index is 1.86. The number of carbonyl (C=O) groups is 3. The molecule has 2 rings (SSSR count). The van der Waals surface area contributed by atoms with Gasteiger partial charge in [-0.2, -0.15) is 0 Å². The summed E-state index contributed by atoms with van der Waals surface area (Å²) in [5.41, 5.74) is -0.333. The number of amides is 4. The fourth-order valence-electron chi connectivity index (χ4n) is 3.35. The Morgan fingerprint density at radius 2 is 1.60 bits per heavy atom. The molecular formula is C18H32N4O3. The molecule has 2 unspecified atom stereocenters. The van der Waals surface area contributed by atoms with E-state index in [1.54, 1.807) is 11.8 Å². The lowest BCUT2D eigenvalue weighted by Crippen LogP contribution is -2.54. The van der Waals surface area contributed by atoms with Crippen LogP contribution in [0.3, 0.4) is 0 Å². The molecule has 2 heterocycles. The summed E-state index contributed by atoms with van der Waals surface area (Å²) in [6, 6.07) is -0.537. The molecule has 2 saturated heterocycles. The minimum atomic E-state index is -0.587. The minimum absolute atomic E-state index is 0.0496. The number of hydrogen-bond donors (Lipinski definition) is 2. The van der Waals surface area contributed by atoms with Crippen LogP contribution in [0.25, 0.3) is 0 Å². The molecule has 2 fully saturated rings. The second-order valence-corrected chi connectivity index (χ2v) is 8.23. The number of carbonyl (C=O) groups excluding carboxylic acids is 3. The van der Waals surface area contributed by atoms with Crippen LogP contribution in [-0.4, -0.2) is 65.4 Å². The SMILES string of the molecule is CC(NC(=O)C1CCCN(C(=O)N2CCCC2)C1)C(=O)NC(C)(C)C. The van der Waals surface area contributed by atoms with Gasteiger partial charge < -0.3 is 20.4 Å². The van der Waals surface area contributed by atoms with Crippen molar-refractivity contribution >= 4 is 17.8 Å². The number of urea groups is 1. The zero-order valence-electron chi connectivity index (χ0n) is 15.9. The molecule has 0 aromatic carbocycles. The van der Waals surface area contributed by atoms with Gasteiger partial charge in [0.1, 0.15) is 6.04 Å². The van der Waals surface area contributed by atoms with E-state index in [1.807, 2.05) is 25.7 Å². The zero-order chi connectivity index (χ0) is 18.6. The summed E-state index contributed by atoms with van der Waals surface area (Å²) in [5.74, 6) is -0.581. The summed E-state index contributed by atoms with van der Waals surface area (Å²) in [4.78, 5) is 40.8. The van der Waals surface area contributed by atoms with E-state index in [4.69, 9.17) is 0 Å². The van der Waals surface area contributed by atoms with Crippen molar-refractivity contribution in [3.8, 4) is 0 Å². The number of likely N-dealkylation sites (tertiary alicyclic amines) is 2. The third kappa shape index (κ3) is 5.61. The molecule has 0 radical (unpaired) electrons. The Kier molecular flexibility index (Phi) is 6.30. The van der Waals surface area contributed by atoms with Crippen LogP contribution in [0.1, 0.15) is 53.4 Å². The summed E-state index contributed by atoms with van der Waals surface area (Å²) in [6.07, 6.45) is 3.69. The van der Waals surface area contributed by atoms with Crippen LogP contribution in [0.2, 0.25) is 0 Å². The summed E-state index contributed by atoms with van der Waals surface area (Å²) in [6.45, 7) is 10.2. The fraction of sp³-hybridized carbons (Fsp3) is 0.833. The predicted octanol–water partition coefficient (Wildman–Crippen LogP) is 1.33. The summed E-state index contributed by atoms with van der Waals surface area (Å²) >= 11 is 0. The van der Waals surface area contributed by atoms with E-state index in [-0.39, 0.29) is 29.3 Å². The fourth-order valence-corrected chi connectivity index (χ4v) is 3.35. The topological polar surface area (TPSA) is 81.8 Å². The Bertz CT molecular complexity index is 509.